The Labute approximate surface area is 191 Å². The number of benzene rings is 1. The highest BCUT2D eigenvalue weighted by atomic mass is 19.1. The Kier molecular flexibility index (Phi) is 5.52. The molecule has 2 unspecified atom stereocenters. The quantitative estimate of drug-likeness (QED) is 0.655. The highest BCUT2D eigenvalue weighted by Crippen LogP contribution is 2.33. The van der Waals surface area contributed by atoms with Gasteiger partial charge in [0.15, 0.2) is 5.65 Å². The first-order valence-corrected chi connectivity index (χ1v) is 11.5. The van der Waals surface area contributed by atoms with Crippen LogP contribution in [0.25, 0.3) is 5.65 Å². The van der Waals surface area contributed by atoms with Gasteiger partial charge in [-0.25, -0.2) is 18.3 Å². The summed E-state index contributed by atoms with van der Waals surface area (Å²) >= 11 is 0. The second-order valence-electron chi connectivity index (χ2n) is 9.18. The fraction of sp³-hybridized carbons (Fsp3) is 0.458. The summed E-state index contributed by atoms with van der Waals surface area (Å²) in [5.41, 5.74) is 8.17. The second-order valence-corrected chi connectivity index (χ2v) is 9.18. The molecule has 7 nitrogen and oxygen atoms in total. The number of carbonyl (C=O) groups excluding carboxylic acids is 1. The first-order valence-electron chi connectivity index (χ1n) is 11.5. The molecule has 9 heteroatoms. The fourth-order valence-electron chi connectivity index (χ4n) is 4.96. The topological polar surface area (TPSA) is 79.8 Å². The van der Waals surface area contributed by atoms with Crippen LogP contribution in [0.15, 0.2) is 24.4 Å². The molecule has 2 atom stereocenters. The molecule has 0 saturated carbocycles. The lowest BCUT2D eigenvalue weighted by atomic mass is 9.97. The summed E-state index contributed by atoms with van der Waals surface area (Å²) in [5, 5.41) is 4.70. The van der Waals surface area contributed by atoms with Gasteiger partial charge in [-0.1, -0.05) is 6.07 Å². The predicted octanol–water partition coefficient (Wildman–Crippen LogP) is 3.53. The van der Waals surface area contributed by atoms with Crippen LogP contribution in [-0.2, 0) is 0 Å². The standard InChI is InChI=1S/C24H28F2N6O/c1-14-6-7-17(25)21(22(14)26)24(33)31-9-4-3-5-19(31)18-11-20-28-23(15(2)12-32(20)29-18)30-10-8-16(27)13-30/h6-7,11-12,16,19H,3-5,8-10,13,27H2,1-2H3. The summed E-state index contributed by atoms with van der Waals surface area (Å²) in [5.74, 6) is -1.38. The summed E-state index contributed by atoms with van der Waals surface area (Å²) < 4.78 is 30.9. The third-order valence-electron chi connectivity index (χ3n) is 6.75. The number of nitrogens with two attached hydrogens (primary N) is 1. The molecule has 2 saturated heterocycles. The Morgan fingerprint density at radius 1 is 1.12 bits per heavy atom. The first-order chi connectivity index (χ1) is 15.8. The van der Waals surface area contributed by atoms with E-state index >= 15 is 0 Å². The monoisotopic (exact) mass is 454 g/mol. The maximum Gasteiger partial charge on any atom is 0.260 e. The zero-order valence-corrected chi connectivity index (χ0v) is 18.9. The molecule has 2 aliphatic heterocycles. The van der Waals surface area contributed by atoms with Gasteiger partial charge in [-0.15, -0.1) is 0 Å². The van der Waals surface area contributed by atoms with Gasteiger partial charge in [-0.3, -0.25) is 4.79 Å². The van der Waals surface area contributed by atoms with Crippen molar-refractivity contribution in [3.05, 3.63) is 58.4 Å². The highest BCUT2D eigenvalue weighted by Gasteiger charge is 2.34. The summed E-state index contributed by atoms with van der Waals surface area (Å²) in [7, 11) is 0. The number of hydrogen-bond donors (Lipinski definition) is 1. The van der Waals surface area contributed by atoms with Crippen LogP contribution in [0.3, 0.4) is 0 Å². The van der Waals surface area contributed by atoms with Crippen LogP contribution in [0.4, 0.5) is 14.6 Å². The van der Waals surface area contributed by atoms with E-state index < -0.39 is 23.1 Å². The molecule has 3 aromatic rings. The summed E-state index contributed by atoms with van der Waals surface area (Å²) in [6, 6.07) is 4.14. The average molecular weight is 455 g/mol. The summed E-state index contributed by atoms with van der Waals surface area (Å²) in [6.45, 7) is 5.58. The number of piperidine rings is 1. The van der Waals surface area contributed by atoms with Gasteiger partial charge in [0.25, 0.3) is 5.91 Å². The van der Waals surface area contributed by atoms with Crippen molar-refractivity contribution in [1.82, 2.24) is 19.5 Å². The van der Waals surface area contributed by atoms with E-state index in [9.17, 15) is 13.6 Å². The highest BCUT2D eigenvalue weighted by molar-refractivity contribution is 5.95. The van der Waals surface area contributed by atoms with Gasteiger partial charge in [0.05, 0.1) is 11.7 Å². The van der Waals surface area contributed by atoms with E-state index in [0.29, 0.717) is 24.3 Å². The van der Waals surface area contributed by atoms with Gasteiger partial charge in [0, 0.05) is 43.5 Å². The van der Waals surface area contributed by atoms with Crippen LogP contribution >= 0.6 is 0 Å². The van der Waals surface area contributed by atoms with E-state index in [0.717, 1.165) is 49.8 Å². The molecule has 5 rings (SSSR count). The molecule has 1 aromatic carbocycles. The minimum atomic E-state index is -0.840. The van der Waals surface area contributed by atoms with E-state index in [4.69, 9.17) is 15.8 Å². The maximum atomic E-state index is 14.7. The largest absolute Gasteiger partial charge is 0.355 e. The lowest BCUT2D eigenvalue weighted by Crippen LogP contribution is -2.39. The van der Waals surface area contributed by atoms with E-state index in [-0.39, 0.29) is 17.6 Å². The summed E-state index contributed by atoms with van der Waals surface area (Å²) in [6.07, 6.45) is 5.23. The molecule has 0 radical (unpaired) electrons. The normalized spacial score (nSPS) is 21.2. The van der Waals surface area contributed by atoms with Gasteiger partial charge in [-0.2, -0.15) is 5.10 Å². The minimum Gasteiger partial charge on any atom is -0.355 e. The van der Waals surface area contributed by atoms with Gasteiger partial charge in [-0.05, 0) is 51.2 Å². The number of halogens is 2. The second kappa shape index (κ2) is 8.37. The Morgan fingerprint density at radius 2 is 1.94 bits per heavy atom. The molecular formula is C24H28F2N6O. The smallest absolute Gasteiger partial charge is 0.260 e. The van der Waals surface area contributed by atoms with Crippen LogP contribution in [0, 0.1) is 25.5 Å². The number of anilines is 1. The summed E-state index contributed by atoms with van der Waals surface area (Å²) in [4.78, 5) is 21.8. The zero-order valence-electron chi connectivity index (χ0n) is 18.9. The number of amides is 1. The number of aryl methyl sites for hydroxylation is 2. The minimum absolute atomic E-state index is 0.145. The average Bonchev–Trinajstić information content (AvgIpc) is 3.41. The molecule has 2 aromatic heterocycles. The molecule has 2 aliphatic rings. The molecule has 0 spiro atoms. The number of nitrogens with zero attached hydrogens (tertiary/aromatic N) is 5. The number of likely N-dealkylation sites (tertiary alicyclic amines) is 1. The lowest BCUT2D eigenvalue weighted by molar-refractivity contribution is 0.0595. The van der Waals surface area contributed by atoms with E-state index in [2.05, 4.69) is 4.90 Å². The molecule has 2 N–H and O–H groups in total. The first kappa shape index (κ1) is 21.8. The van der Waals surface area contributed by atoms with Gasteiger partial charge < -0.3 is 15.5 Å². The molecule has 33 heavy (non-hydrogen) atoms. The van der Waals surface area contributed by atoms with Crippen LogP contribution in [0.5, 0.6) is 0 Å². The Morgan fingerprint density at radius 3 is 2.70 bits per heavy atom. The number of carbonyl (C=O) groups is 1. The van der Waals surface area contributed by atoms with Crippen molar-refractivity contribution in [2.24, 2.45) is 5.73 Å². The Hall–Kier alpha value is -3.07. The van der Waals surface area contributed by atoms with Gasteiger partial charge >= 0.3 is 0 Å². The van der Waals surface area contributed by atoms with Crippen LogP contribution < -0.4 is 10.6 Å². The SMILES string of the molecule is Cc1cn2nc(C3CCCCN3C(=O)c3c(F)ccc(C)c3F)cc2nc1N1CCC(N)C1. The van der Waals surface area contributed by atoms with E-state index in [1.165, 1.54) is 13.0 Å². The molecular weight excluding hydrogens is 426 g/mol. The Balaban J connectivity index is 1.50. The van der Waals surface area contributed by atoms with Gasteiger partial charge in [0.1, 0.15) is 23.0 Å². The molecule has 4 heterocycles. The van der Waals surface area contributed by atoms with Crippen molar-refractivity contribution in [3.8, 4) is 0 Å². The van der Waals surface area contributed by atoms with Crippen molar-refractivity contribution in [2.75, 3.05) is 24.5 Å². The van der Waals surface area contributed by atoms with Crippen molar-refractivity contribution < 1.29 is 13.6 Å². The number of fused-ring (bicyclic) bond motifs is 1. The fourth-order valence-corrected chi connectivity index (χ4v) is 4.96. The number of rotatable bonds is 3. The molecule has 2 fully saturated rings. The zero-order chi connectivity index (χ0) is 23.3. The third-order valence-corrected chi connectivity index (χ3v) is 6.75. The Bertz CT molecular complexity index is 1230. The van der Waals surface area contributed by atoms with Crippen molar-refractivity contribution >= 4 is 17.4 Å². The van der Waals surface area contributed by atoms with Crippen LogP contribution in [0.1, 0.15) is 58.9 Å². The predicted molar refractivity (Wildman–Crippen MR) is 121 cm³/mol. The molecule has 0 bridgehead atoms. The molecule has 1 amide bonds. The number of aromatic nitrogens is 3. The maximum absolute atomic E-state index is 14.7. The third kappa shape index (κ3) is 3.84. The van der Waals surface area contributed by atoms with Gasteiger partial charge in [0.2, 0.25) is 0 Å². The van der Waals surface area contributed by atoms with Crippen LogP contribution in [-0.4, -0.2) is 51.1 Å². The lowest BCUT2D eigenvalue weighted by Gasteiger charge is -2.35. The van der Waals surface area contributed by atoms with Crippen LogP contribution in [0.2, 0.25) is 0 Å². The molecule has 174 valence electrons. The van der Waals surface area contributed by atoms with E-state index in [1.807, 2.05) is 19.2 Å². The molecule has 0 aliphatic carbocycles. The van der Waals surface area contributed by atoms with Crippen molar-refractivity contribution in [1.29, 1.82) is 0 Å². The van der Waals surface area contributed by atoms with Crippen molar-refractivity contribution in [3.63, 3.8) is 0 Å². The van der Waals surface area contributed by atoms with E-state index in [1.54, 1.807) is 9.42 Å². The van der Waals surface area contributed by atoms with Crippen molar-refractivity contribution in [2.45, 2.75) is 51.6 Å². The number of hydrogen-bond acceptors (Lipinski definition) is 5.